The number of carbonyl (C=O) groups is 1. The number of aliphatic hydroxyl groups is 2. The summed E-state index contributed by atoms with van der Waals surface area (Å²) in [6.07, 6.45) is -0.870. The molecule has 0 aliphatic carbocycles. The van der Waals surface area contributed by atoms with Gasteiger partial charge < -0.3 is 20.3 Å². The number of carbonyl (C=O) groups excluding carboxylic acids is 1. The van der Waals surface area contributed by atoms with E-state index in [0.717, 1.165) is 5.56 Å². The number of hydrogen-bond donors (Lipinski definition) is 3. The van der Waals surface area contributed by atoms with Gasteiger partial charge in [0.1, 0.15) is 0 Å². The van der Waals surface area contributed by atoms with Crippen molar-refractivity contribution in [3.05, 3.63) is 54.1 Å². The maximum Gasteiger partial charge on any atom is 0.338 e. The minimum absolute atomic E-state index is 0.182. The first-order valence-electron chi connectivity index (χ1n) is 6.97. The Bertz CT molecular complexity index is 628. The summed E-state index contributed by atoms with van der Waals surface area (Å²) in [5.41, 5.74) is 2.71. The summed E-state index contributed by atoms with van der Waals surface area (Å²) in [4.78, 5) is 12.0. The SMILES string of the molecule is COC(=O)c1cccc(NCC(O)CO)c1-c1ccccc1. The molecule has 2 rings (SSSR count). The predicted octanol–water partition coefficient (Wildman–Crippen LogP) is 1.91. The Labute approximate surface area is 129 Å². The third kappa shape index (κ3) is 3.63. The fraction of sp³-hybridized carbons (Fsp3) is 0.235. The molecule has 0 saturated carbocycles. The number of anilines is 1. The van der Waals surface area contributed by atoms with Crippen molar-refractivity contribution < 1.29 is 19.7 Å². The summed E-state index contributed by atoms with van der Waals surface area (Å²) < 4.78 is 4.84. The molecule has 22 heavy (non-hydrogen) atoms. The van der Waals surface area contributed by atoms with E-state index in [1.165, 1.54) is 7.11 Å². The lowest BCUT2D eigenvalue weighted by atomic mass is 9.97. The van der Waals surface area contributed by atoms with Gasteiger partial charge in [-0.2, -0.15) is 0 Å². The summed E-state index contributed by atoms with van der Waals surface area (Å²) >= 11 is 0. The number of esters is 1. The third-order valence-electron chi connectivity index (χ3n) is 3.27. The van der Waals surface area contributed by atoms with Crippen molar-refractivity contribution in [3.63, 3.8) is 0 Å². The fourth-order valence-corrected chi connectivity index (χ4v) is 2.19. The average molecular weight is 301 g/mol. The van der Waals surface area contributed by atoms with Crippen molar-refractivity contribution >= 4 is 11.7 Å². The van der Waals surface area contributed by atoms with Gasteiger partial charge in [-0.1, -0.05) is 36.4 Å². The number of aliphatic hydroxyl groups excluding tert-OH is 2. The standard InChI is InChI=1S/C17H19NO4/c1-22-17(21)14-8-5-9-15(18-10-13(20)11-19)16(14)12-6-3-2-4-7-12/h2-9,13,18-20H,10-11H2,1H3. The second kappa shape index (κ2) is 7.59. The summed E-state index contributed by atoms with van der Waals surface area (Å²) in [6, 6.07) is 14.7. The molecule has 3 N–H and O–H groups in total. The van der Waals surface area contributed by atoms with E-state index in [1.807, 2.05) is 36.4 Å². The van der Waals surface area contributed by atoms with Gasteiger partial charge in [-0.3, -0.25) is 0 Å². The number of methoxy groups -OCH3 is 1. The van der Waals surface area contributed by atoms with Crippen LogP contribution in [0.3, 0.4) is 0 Å². The molecule has 1 unspecified atom stereocenters. The Balaban J connectivity index is 2.46. The van der Waals surface area contributed by atoms with Gasteiger partial charge in [0.15, 0.2) is 0 Å². The van der Waals surface area contributed by atoms with E-state index >= 15 is 0 Å². The summed E-state index contributed by atoms with van der Waals surface area (Å²) in [5.74, 6) is -0.426. The lowest BCUT2D eigenvalue weighted by molar-refractivity contribution is 0.0601. The van der Waals surface area contributed by atoms with Gasteiger partial charge in [0.25, 0.3) is 0 Å². The van der Waals surface area contributed by atoms with Crippen molar-refractivity contribution in [3.8, 4) is 11.1 Å². The smallest absolute Gasteiger partial charge is 0.338 e. The van der Waals surface area contributed by atoms with Crippen molar-refractivity contribution in [2.24, 2.45) is 0 Å². The normalized spacial score (nSPS) is 11.8. The number of benzene rings is 2. The highest BCUT2D eigenvalue weighted by Crippen LogP contribution is 2.32. The largest absolute Gasteiger partial charge is 0.465 e. The average Bonchev–Trinajstić information content (AvgIpc) is 2.59. The lowest BCUT2D eigenvalue weighted by Gasteiger charge is -2.17. The molecule has 0 aromatic heterocycles. The van der Waals surface area contributed by atoms with Crippen LogP contribution in [0.25, 0.3) is 11.1 Å². The molecule has 5 heteroatoms. The van der Waals surface area contributed by atoms with Gasteiger partial charge in [0.05, 0.1) is 25.4 Å². The van der Waals surface area contributed by atoms with E-state index in [4.69, 9.17) is 9.84 Å². The van der Waals surface area contributed by atoms with Gasteiger partial charge >= 0.3 is 5.97 Å². The van der Waals surface area contributed by atoms with Gasteiger partial charge in [-0.15, -0.1) is 0 Å². The minimum atomic E-state index is -0.870. The van der Waals surface area contributed by atoms with Gasteiger partial charge in [-0.05, 0) is 17.7 Å². The monoisotopic (exact) mass is 301 g/mol. The van der Waals surface area contributed by atoms with Crippen LogP contribution in [0.1, 0.15) is 10.4 Å². The Hall–Kier alpha value is -2.37. The van der Waals surface area contributed by atoms with Crippen molar-refractivity contribution in [2.75, 3.05) is 25.6 Å². The van der Waals surface area contributed by atoms with Crippen molar-refractivity contribution in [2.45, 2.75) is 6.10 Å². The van der Waals surface area contributed by atoms with Crippen LogP contribution in [0, 0.1) is 0 Å². The van der Waals surface area contributed by atoms with Crippen LogP contribution in [0.5, 0.6) is 0 Å². The number of hydrogen-bond acceptors (Lipinski definition) is 5. The maximum absolute atomic E-state index is 12.0. The molecule has 0 radical (unpaired) electrons. The molecule has 5 nitrogen and oxygen atoms in total. The molecule has 0 spiro atoms. The summed E-state index contributed by atoms with van der Waals surface area (Å²) in [6.45, 7) is -0.147. The van der Waals surface area contributed by atoms with Crippen LogP contribution >= 0.6 is 0 Å². The minimum Gasteiger partial charge on any atom is -0.465 e. The molecule has 0 aliphatic rings. The molecule has 0 saturated heterocycles. The molecule has 0 aliphatic heterocycles. The fourth-order valence-electron chi connectivity index (χ4n) is 2.19. The zero-order valence-corrected chi connectivity index (χ0v) is 12.3. The van der Waals surface area contributed by atoms with Crippen LogP contribution in [0.15, 0.2) is 48.5 Å². The Morgan fingerprint density at radius 1 is 1.18 bits per heavy atom. The second-order valence-electron chi connectivity index (χ2n) is 4.80. The molecule has 2 aromatic carbocycles. The van der Waals surface area contributed by atoms with E-state index in [1.54, 1.807) is 12.1 Å². The van der Waals surface area contributed by atoms with Crippen LogP contribution in [-0.2, 0) is 4.74 Å². The third-order valence-corrected chi connectivity index (χ3v) is 3.27. The molecule has 0 amide bonds. The topological polar surface area (TPSA) is 78.8 Å². The highest BCUT2D eigenvalue weighted by Gasteiger charge is 2.17. The molecule has 116 valence electrons. The first-order chi connectivity index (χ1) is 10.7. The number of rotatable bonds is 6. The van der Waals surface area contributed by atoms with Crippen LogP contribution < -0.4 is 5.32 Å². The van der Waals surface area contributed by atoms with E-state index < -0.39 is 12.1 Å². The van der Waals surface area contributed by atoms with Gasteiger partial charge in [-0.25, -0.2) is 4.79 Å². The zero-order chi connectivity index (χ0) is 15.9. The van der Waals surface area contributed by atoms with Gasteiger partial charge in [0.2, 0.25) is 0 Å². The first kappa shape index (κ1) is 16.0. The van der Waals surface area contributed by atoms with Crippen molar-refractivity contribution in [1.29, 1.82) is 0 Å². The highest BCUT2D eigenvalue weighted by atomic mass is 16.5. The first-order valence-corrected chi connectivity index (χ1v) is 6.97. The molecule has 0 heterocycles. The van der Waals surface area contributed by atoms with E-state index in [0.29, 0.717) is 16.8 Å². The summed E-state index contributed by atoms with van der Waals surface area (Å²) in [7, 11) is 1.34. The lowest BCUT2D eigenvalue weighted by Crippen LogP contribution is -2.23. The molecular formula is C17H19NO4. The molecular weight excluding hydrogens is 282 g/mol. The van der Waals surface area contributed by atoms with Crippen LogP contribution in [0.4, 0.5) is 5.69 Å². The highest BCUT2D eigenvalue weighted by molar-refractivity contribution is 6.01. The summed E-state index contributed by atoms with van der Waals surface area (Å²) in [5, 5.41) is 21.5. The maximum atomic E-state index is 12.0. The zero-order valence-electron chi connectivity index (χ0n) is 12.3. The van der Waals surface area contributed by atoms with Crippen molar-refractivity contribution in [1.82, 2.24) is 0 Å². The predicted molar refractivity (Wildman–Crippen MR) is 84.8 cm³/mol. The molecule has 1 atom stereocenters. The quantitative estimate of drug-likeness (QED) is 0.710. The van der Waals surface area contributed by atoms with Gasteiger partial charge in [0, 0.05) is 17.8 Å². The van der Waals surface area contributed by atoms with Crippen LogP contribution in [0.2, 0.25) is 0 Å². The van der Waals surface area contributed by atoms with E-state index in [9.17, 15) is 9.90 Å². The van der Waals surface area contributed by atoms with E-state index in [-0.39, 0.29) is 13.2 Å². The number of nitrogens with one attached hydrogen (secondary N) is 1. The Kier molecular flexibility index (Phi) is 5.52. The molecule has 0 bridgehead atoms. The van der Waals surface area contributed by atoms with E-state index in [2.05, 4.69) is 5.32 Å². The molecule has 2 aromatic rings. The van der Waals surface area contributed by atoms with Crippen LogP contribution in [-0.4, -0.2) is 42.5 Å². The Morgan fingerprint density at radius 2 is 1.91 bits per heavy atom. The number of ether oxygens (including phenoxy) is 1. The Morgan fingerprint density at radius 3 is 2.55 bits per heavy atom. The molecule has 0 fully saturated rings. The second-order valence-corrected chi connectivity index (χ2v) is 4.80.